The molecule has 0 unspecified atom stereocenters. The lowest BCUT2D eigenvalue weighted by Gasteiger charge is -2.32. The molecule has 0 saturated carbocycles. The molecular formula is C13H18F6N4O2. The molecule has 2 heterocycles. The van der Waals surface area contributed by atoms with Crippen molar-refractivity contribution in [2.24, 2.45) is 7.05 Å². The fourth-order valence-corrected chi connectivity index (χ4v) is 2.22. The van der Waals surface area contributed by atoms with Gasteiger partial charge < -0.3 is 10.4 Å². The molecule has 0 aliphatic carbocycles. The van der Waals surface area contributed by atoms with Crippen LogP contribution in [0.2, 0.25) is 0 Å². The Kier molecular flexibility index (Phi) is 7.08. The number of hydrogen-bond donors (Lipinski definition) is 2. The van der Waals surface area contributed by atoms with E-state index in [0.717, 1.165) is 18.5 Å². The van der Waals surface area contributed by atoms with Gasteiger partial charge in [-0.25, -0.2) is 4.79 Å². The van der Waals surface area contributed by atoms with Crippen LogP contribution in [0, 0.1) is 0 Å². The second kappa shape index (κ2) is 8.41. The number of nitrogens with one attached hydrogen (secondary N) is 1. The molecule has 6 nitrogen and oxygen atoms in total. The van der Waals surface area contributed by atoms with Crippen LogP contribution in [0.25, 0.3) is 0 Å². The molecule has 1 aromatic rings. The lowest BCUT2D eigenvalue weighted by Crippen LogP contribution is -2.43. The highest BCUT2D eigenvalue weighted by Gasteiger charge is 2.38. The van der Waals surface area contributed by atoms with Gasteiger partial charge in [-0.1, -0.05) is 0 Å². The van der Waals surface area contributed by atoms with Gasteiger partial charge in [-0.05, 0) is 12.8 Å². The van der Waals surface area contributed by atoms with E-state index in [0.29, 0.717) is 13.1 Å². The van der Waals surface area contributed by atoms with Crippen LogP contribution in [0.1, 0.15) is 12.8 Å². The summed E-state index contributed by atoms with van der Waals surface area (Å²) in [5.41, 5.74) is 0.923. The van der Waals surface area contributed by atoms with Gasteiger partial charge in [0.05, 0.1) is 18.4 Å². The number of carboxylic acids is 1. The zero-order valence-electron chi connectivity index (χ0n) is 13.2. The van der Waals surface area contributed by atoms with Crippen LogP contribution in [-0.2, 0) is 11.8 Å². The second-order valence-electron chi connectivity index (χ2n) is 5.52. The van der Waals surface area contributed by atoms with E-state index in [-0.39, 0.29) is 6.04 Å². The largest absolute Gasteiger partial charge is 0.490 e. The fourth-order valence-electron chi connectivity index (χ4n) is 2.22. The van der Waals surface area contributed by atoms with Crippen molar-refractivity contribution in [1.29, 1.82) is 0 Å². The number of aryl methyl sites for hydroxylation is 1. The van der Waals surface area contributed by atoms with Gasteiger partial charge in [0, 0.05) is 32.4 Å². The van der Waals surface area contributed by atoms with Crippen molar-refractivity contribution in [3.63, 3.8) is 0 Å². The van der Waals surface area contributed by atoms with Crippen LogP contribution in [-0.4, -0.2) is 63.8 Å². The Bertz CT molecular complexity index is 549. The number of carbonyl (C=O) groups is 1. The van der Waals surface area contributed by atoms with Crippen molar-refractivity contribution in [1.82, 2.24) is 14.7 Å². The summed E-state index contributed by atoms with van der Waals surface area (Å²) < 4.78 is 70.1. The Hall–Kier alpha value is -1.98. The Morgan fingerprint density at radius 1 is 1.28 bits per heavy atom. The first kappa shape index (κ1) is 21.1. The van der Waals surface area contributed by atoms with Gasteiger partial charge in [0.1, 0.15) is 0 Å². The number of halogens is 6. The van der Waals surface area contributed by atoms with Gasteiger partial charge in [-0.2, -0.15) is 31.4 Å². The van der Waals surface area contributed by atoms with E-state index in [1.807, 2.05) is 13.2 Å². The number of anilines is 1. The maximum Gasteiger partial charge on any atom is 0.490 e. The third kappa shape index (κ3) is 8.61. The van der Waals surface area contributed by atoms with E-state index in [2.05, 4.69) is 10.4 Å². The van der Waals surface area contributed by atoms with Crippen LogP contribution < -0.4 is 5.32 Å². The van der Waals surface area contributed by atoms with Crippen molar-refractivity contribution in [3.8, 4) is 0 Å². The summed E-state index contributed by atoms with van der Waals surface area (Å²) >= 11 is 0. The first-order valence-electron chi connectivity index (χ1n) is 7.21. The lowest BCUT2D eigenvalue weighted by atomic mass is 10.0. The summed E-state index contributed by atoms with van der Waals surface area (Å²) in [6.07, 6.45) is -4.14. The predicted molar refractivity (Wildman–Crippen MR) is 76.0 cm³/mol. The van der Waals surface area contributed by atoms with E-state index in [4.69, 9.17) is 9.90 Å². The molecule has 0 atom stereocenters. The van der Waals surface area contributed by atoms with Gasteiger partial charge in [0.25, 0.3) is 0 Å². The molecule has 144 valence electrons. The number of aromatic nitrogens is 2. The highest BCUT2D eigenvalue weighted by molar-refractivity contribution is 5.73. The fraction of sp³-hybridized carbons (Fsp3) is 0.692. The molecule has 2 N–H and O–H groups in total. The molecule has 1 aliphatic heterocycles. The van der Waals surface area contributed by atoms with Crippen LogP contribution in [0.15, 0.2) is 12.4 Å². The smallest absolute Gasteiger partial charge is 0.475 e. The highest BCUT2D eigenvalue weighted by Crippen LogP contribution is 2.21. The van der Waals surface area contributed by atoms with Crippen molar-refractivity contribution < 1.29 is 36.2 Å². The number of nitrogens with zero attached hydrogens (tertiary/aromatic N) is 3. The molecular weight excluding hydrogens is 358 g/mol. The third-order valence-electron chi connectivity index (χ3n) is 3.31. The quantitative estimate of drug-likeness (QED) is 0.794. The zero-order valence-corrected chi connectivity index (χ0v) is 13.2. The first-order chi connectivity index (χ1) is 11.4. The normalized spacial score (nSPS) is 16.9. The van der Waals surface area contributed by atoms with E-state index >= 15 is 0 Å². The maximum atomic E-state index is 12.2. The van der Waals surface area contributed by atoms with Gasteiger partial charge in [0.2, 0.25) is 0 Å². The van der Waals surface area contributed by atoms with Crippen molar-refractivity contribution in [2.45, 2.75) is 31.2 Å². The molecule has 0 aromatic carbocycles. The number of aliphatic carboxylic acids is 1. The van der Waals surface area contributed by atoms with Crippen LogP contribution >= 0.6 is 0 Å². The molecule has 12 heteroatoms. The minimum absolute atomic E-state index is 0.235. The monoisotopic (exact) mass is 376 g/mol. The second-order valence-corrected chi connectivity index (χ2v) is 5.52. The number of hydrogen-bond acceptors (Lipinski definition) is 4. The predicted octanol–water partition coefficient (Wildman–Crippen LogP) is 2.49. The minimum Gasteiger partial charge on any atom is -0.475 e. The molecule has 1 fully saturated rings. The molecule has 0 amide bonds. The number of rotatable bonds is 3. The summed E-state index contributed by atoms with van der Waals surface area (Å²) in [7, 11) is 1.83. The topological polar surface area (TPSA) is 70.4 Å². The molecule has 1 aliphatic rings. The number of piperidine rings is 1. The number of carboxylic acid groups (broad SMARTS) is 1. The van der Waals surface area contributed by atoms with Crippen LogP contribution in [0.5, 0.6) is 0 Å². The van der Waals surface area contributed by atoms with E-state index in [1.165, 1.54) is 4.90 Å². The zero-order chi connectivity index (χ0) is 19.3. The van der Waals surface area contributed by atoms with Crippen LogP contribution in [0.3, 0.4) is 0 Å². The highest BCUT2D eigenvalue weighted by atomic mass is 19.4. The van der Waals surface area contributed by atoms with E-state index in [1.54, 1.807) is 10.9 Å². The Labute approximate surface area is 139 Å². The van der Waals surface area contributed by atoms with Gasteiger partial charge >= 0.3 is 18.3 Å². The van der Waals surface area contributed by atoms with Crippen LogP contribution in [0.4, 0.5) is 32.0 Å². The summed E-state index contributed by atoms with van der Waals surface area (Å²) in [4.78, 5) is 10.4. The molecule has 1 aromatic heterocycles. The molecule has 0 spiro atoms. The Balaban J connectivity index is 0.000000381. The average molecular weight is 376 g/mol. The van der Waals surface area contributed by atoms with Crippen molar-refractivity contribution in [2.75, 3.05) is 25.0 Å². The molecule has 2 rings (SSSR count). The SMILES string of the molecule is Cn1cc(NC2CCN(CC(F)(F)F)CC2)cn1.O=C(O)C(F)(F)F. The standard InChI is InChI=1S/C11H17F3N4.C2HF3O2/c1-17-7-10(6-15-17)16-9-2-4-18(5-3-9)8-11(12,13)14;3-2(4,5)1(6)7/h6-7,9,16H,2-5,8H2,1H3;(H,6,7). The average Bonchev–Trinajstić information content (AvgIpc) is 2.84. The van der Waals surface area contributed by atoms with E-state index in [9.17, 15) is 26.3 Å². The third-order valence-corrected chi connectivity index (χ3v) is 3.31. The molecule has 0 bridgehead atoms. The molecule has 25 heavy (non-hydrogen) atoms. The summed E-state index contributed by atoms with van der Waals surface area (Å²) in [5, 5.41) is 14.5. The summed E-state index contributed by atoms with van der Waals surface area (Å²) in [5.74, 6) is -2.76. The summed E-state index contributed by atoms with van der Waals surface area (Å²) in [6, 6.07) is 0.235. The molecule has 1 saturated heterocycles. The number of alkyl halides is 6. The number of likely N-dealkylation sites (tertiary alicyclic amines) is 1. The maximum absolute atomic E-state index is 12.2. The van der Waals surface area contributed by atoms with E-state index < -0.39 is 24.9 Å². The van der Waals surface area contributed by atoms with Gasteiger partial charge in [0.15, 0.2) is 0 Å². The Morgan fingerprint density at radius 2 is 1.80 bits per heavy atom. The minimum atomic E-state index is -5.08. The van der Waals surface area contributed by atoms with Crippen molar-refractivity contribution in [3.05, 3.63) is 12.4 Å². The first-order valence-corrected chi connectivity index (χ1v) is 7.21. The lowest BCUT2D eigenvalue weighted by molar-refractivity contribution is -0.192. The molecule has 0 radical (unpaired) electrons. The summed E-state index contributed by atoms with van der Waals surface area (Å²) in [6.45, 7) is 0.168. The van der Waals surface area contributed by atoms with Gasteiger partial charge in [-0.3, -0.25) is 9.58 Å². The Morgan fingerprint density at radius 3 is 2.16 bits per heavy atom. The van der Waals surface area contributed by atoms with Gasteiger partial charge in [-0.15, -0.1) is 0 Å². The van der Waals surface area contributed by atoms with Crippen molar-refractivity contribution >= 4 is 11.7 Å².